The summed E-state index contributed by atoms with van der Waals surface area (Å²) in [5.74, 6) is -1.41. The highest BCUT2D eigenvalue weighted by Crippen LogP contribution is 2.26. The predicted molar refractivity (Wildman–Crippen MR) is 173 cm³/mol. The van der Waals surface area contributed by atoms with Crippen LogP contribution in [0.3, 0.4) is 0 Å². The van der Waals surface area contributed by atoms with Crippen molar-refractivity contribution in [1.29, 1.82) is 0 Å². The lowest BCUT2D eigenvalue weighted by molar-refractivity contribution is -0.132. The van der Waals surface area contributed by atoms with Crippen LogP contribution in [0.1, 0.15) is 69.9 Å². The van der Waals surface area contributed by atoms with Gasteiger partial charge >= 0.3 is 6.09 Å². The van der Waals surface area contributed by atoms with Crippen LogP contribution in [0.2, 0.25) is 0 Å². The molecule has 238 valence electrons. The lowest BCUT2D eigenvalue weighted by Gasteiger charge is -2.26. The molecule has 1 saturated carbocycles. The molecular weight excluding hydrogens is 568 g/mol. The standard InChI is InChI=1S/C37H44N2O6/c1-25(2)19-30(36(43)38-31(23-40)20-29-14-7-9-18-34(29)41)22-35(42)33(39-37(44)45-24-26-11-4-3-5-12-26)21-28-16-10-15-27-13-6-8-17-32(27)28/h3-6,8,10-13,15-17,23,25,29-31,33H,7,9,14,18-22,24H2,1-2H3,(H,38,43)(H,39,44)/t29-,30+,31-,33-/m0/s1. The first-order valence-electron chi connectivity index (χ1n) is 16.0. The van der Waals surface area contributed by atoms with E-state index in [1.54, 1.807) is 0 Å². The van der Waals surface area contributed by atoms with Gasteiger partial charge < -0.3 is 20.2 Å². The first-order valence-corrected chi connectivity index (χ1v) is 16.0. The maximum atomic E-state index is 13.9. The molecule has 2 N–H and O–H groups in total. The van der Waals surface area contributed by atoms with Gasteiger partial charge in [-0.1, -0.05) is 93.1 Å². The van der Waals surface area contributed by atoms with Gasteiger partial charge in [-0.05, 0) is 53.5 Å². The van der Waals surface area contributed by atoms with Crippen molar-refractivity contribution in [3.63, 3.8) is 0 Å². The maximum absolute atomic E-state index is 13.9. The molecule has 45 heavy (non-hydrogen) atoms. The fraction of sp³-hybridized carbons (Fsp3) is 0.432. The van der Waals surface area contributed by atoms with Gasteiger partial charge in [0.1, 0.15) is 18.7 Å². The number of hydrogen-bond acceptors (Lipinski definition) is 6. The summed E-state index contributed by atoms with van der Waals surface area (Å²) < 4.78 is 5.45. The molecule has 1 aliphatic carbocycles. The second-order valence-corrected chi connectivity index (χ2v) is 12.5. The van der Waals surface area contributed by atoms with Gasteiger partial charge in [0, 0.05) is 31.1 Å². The van der Waals surface area contributed by atoms with Crippen LogP contribution >= 0.6 is 0 Å². The minimum atomic E-state index is -0.941. The first-order chi connectivity index (χ1) is 21.7. The van der Waals surface area contributed by atoms with Gasteiger partial charge in [-0.2, -0.15) is 0 Å². The molecule has 1 aliphatic rings. The summed E-state index contributed by atoms with van der Waals surface area (Å²) in [4.78, 5) is 64.7. The Balaban J connectivity index is 1.50. The number of carbonyl (C=O) groups is 5. The number of alkyl carbamates (subject to hydrolysis) is 1. The molecule has 3 aromatic carbocycles. The van der Waals surface area contributed by atoms with Crippen LogP contribution in [0, 0.1) is 17.8 Å². The lowest BCUT2D eigenvalue weighted by Crippen LogP contribution is -2.46. The van der Waals surface area contributed by atoms with Crippen LogP contribution in [-0.2, 0) is 36.9 Å². The average molecular weight is 613 g/mol. The number of hydrogen-bond donors (Lipinski definition) is 2. The lowest BCUT2D eigenvalue weighted by atomic mass is 9.83. The maximum Gasteiger partial charge on any atom is 0.408 e. The minimum absolute atomic E-state index is 0.0524. The molecule has 2 amide bonds. The zero-order chi connectivity index (χ0) is 32.2. The number of amides is 2. The number of aldehydes is 1. The number of nitrogens with one attached hydrogen (secondary N) is 2. The molecule has 0 unspecified atom stereocenters. The Kier molecular flexibility index (Phi) is 12.4. The summed E-state index contributed by atoms with van der Waals surface area (Å²) in [5.41, 5.74) is 1.70. The number of carbonyl (C=O) groups excluding carboxylic acids is 5. The topological polar surface area (TPSA) is 119 Å². The Hall–Kier alpha value is -4.33. The molecule has 8 nitrogen and oxygen atoms in total. The molecule has 0 spiro atoms. The van der Waals surface area contributed by atoms with E-state index < -0.39 is 30.0 Å². The van der Waals surface area contributed by atoms with Gasteiger partial charge in [0.05, 0.1) is 12.1 Å². The Morgan fingerprint density at radius 1 is 0.933 bits per heavy atom. The third-order valence-corrected chi connectivity index (χ3v) is 8.48. The van der Waals surface area contributed by atoms with E-state index in [-0.39, 0.29) is 49.3 Å². The summed E-state index contributed by atoms with van der Waals surface area (Å²) >= 11 is 0. The molecule has 0 aliphatic heterocycles. The zero-order valence-corrected chi connectivity index (χ0v) is 26.2. The van der Waals surface area contributed by atoms with Crippen LogP contribution in [0.25, 0.3) is 10.8 Å². The predicted octanol–water partition coefficient (Wildman–Crippen LogP) is 6.13. The van der Waals surface area contributed by atoms with Crippen LogP contribution in [-0.4, -0.2) is 41.9 Å². The van der Waals surface area contributed by atoms with Crippen molar-refractivity contribution in [2.45, 2.75) is 83.9 Å². The van der Waals surface area contributed by atoms with Crippen molar-refractivity contribution in [3.8, 4) is 0 Å². The van der Waals surface area contributed by atoms with Gasteiger partial charge in [0.15, 0.2) is 5.78 Å². The second kappa shape index (κ2) is 16.7. The number of benzene rings is 3. The monoisotopic (exact) mass is 612 g/mol. The van der Waals surface area contributed by atoms with Crippen molar-refractivity contribution in [2.24, 2.45) is 17.8 Å². The van der Waals surface area contributed by atoms with Crippen molar-refractivity contribution < 1.29 is 28.7 Å². The first kappa shape index (κ1) is 33.6. The van der Waals surface area contributed by atoms with Crippen LogP contribution in [0.4, 0.5) is 4.79 Å². The molecule has 4 rings (SSSR count). The van der Waals surface area contributed by atoms with Gasteiger partial charge in [-0.3, -0.25) is 14.4 Å². The third kappa shape index (κ3) is 10.1. The number of ketones is 2. The number of fused-ring (bicyclic) bond motifs is 1. The normalized spacial score (nSPS) is 16.9. The molecule has 0 heterocycles. The molecule has 0 aromatic heterocycles. The van der Waals surface area contributed by atoms with Gasteiger partial charge in [-0.15, -0.1) is 0 Å². The minimum Gasteiger partial charge on any atom is -0.445 e. The Morgan fingerprint density at radius 3 is 2.40 bits per heavy atom. The molecule has 3 aromatic rings. The summed E-state index contributed by atoms with van der Waals surface area (Å²) in [7, 11) is 0. The van der Waals surface area contributed by atoms with Crippen molar-refractivity contribution in [1.82, 2.24) is 10.6 Å². The summed E-state index contributed by atoms with van der Waals surface area (Å²) in [6.45, 7) is 3.99. The third-order valence-electron chi connectivity index (χ3n) is 8.48. The SMILES string of the molecule is CC(C)C[C@H](CC(=O)[C@H](Cc1cccc2ccccc12)NC(=O)OCc1ccccc1)C(=O)N[C@H](C=O)C[C@@H]1CCCCC1=O. The highest BCUT2D eigenvalue weighted by molar-refractivity contribution is 5.93. The van der Waals surface area contributed by atoms with E-state index in [1.807, 2.05) is 86.6 Å². The molecule has 4 atom stereocenters. The van der Waals surface area contributed by atoms with Gasteiger partial charge in [-0.25, -0.2) is 4.79 Å². The average Bonchev–Trinajstić information content (AvgIpc) is 3.04. The van der Waals surface area contributed by atoms with Crippen molar-refractivity contribution >= 4 is 40.6 Å². The van der Waals surface area contributed by atoms with Gasteiger partial charge in [0.25, 0.3) is 0 Å². The van der Waals surface area contributed by atoms with Crippen molar-refractivity contribution in [3.05, 3.63) is 83.9 Å². The van der Waals surface area contributed by atoms with E-state index in [0.717, 1.165) is 41.2 Å². The number of rotatable bonds is 15. The van der Waals surface area contributed by atoms with Gasteiger partial charge in [0.2, 0.25) is 5.91 Å². The molecule has 0 radical (unpaired) electrons. The van der Waals surface area contributed by atoms with E-state index in [4.69, 9.17) is 4.74 Å². The van der Waals surface area contributed by atoms with E-state index in [0.29, 0.717) is 19.1 Å². The summed E-state index contributed by atoms with van der Waals surface area (Å²) in [6.07, 6.45) is 3.77. The number of Topliss-reactive ketones (excluding diaryl/α,β-unsaturated/α-hetero) is 2. The van der Waals surface area contributed by atoms with E-state index in [1.165, 1.54) is 0 Å². The van der Waals surface area contributed by atoms with Crippen LogP contribution in [0.5, 0.6) is 0 Å². The van der Waals surface area contributed by atoms with E-state index in [2.05, 4.69) is 10.6 Å². The molecule has 0 bridgehead atoms. The fourth-order valence-corrected chi connectivity index (χ4v) is 6.14. The Morgan fingerprint density at radius 2 is 1.67 bits per heavy atom. The van der Waals surface area contributed by atoms with Crippen molar-refractivity contribution in [2.75, 3.05) is 0 Å². The highest BCUT2D eigenvalue weighted by atomic mass is 16.5. The molecule has 0 saturated heterocycles. The van der Waals surface area contributed by atoms with Crippen LogP contribution in [0.15, 0.2) is 72.8 Å². The number of ether oxygens (including phenoxy) is 1. The molecule has 8 heteroatoms. The zero-order valence-electron chi connectivity index (χ0n) is 26.2. The van der Waals surface area contributed by atoms with E-state index >= 15 is 0 Å². The van der Waals surface area contributed by atoms with E-state index in [9.17, 15) is 24.0 Å². The Bertz CT molecular complexity index is 1460. The second-order valence-electron chi connectivity index (χ2n) is 12.5. The summed E-state index contributed by atoms with van der Waals surface area (Å²) in [6, 6.07) is 21.2. The Labute approximate surface area is 265 Å². The highest BCUT2D eigenvalue weighted by Gasteiger charge is 2.32. The molecular formula is C37H44N2O6. The molecule has 1 fully saturated rings. The largest absolute Gasteiger partial charge is 0.445 e. The summed E-state index contributed by atoms with van der Waals surface area (Å²) in [5, 5.41) is 7.57. The fourth-order valence-electron chi connectivity index (χ4n) is 6.14. The van der Waals surface area contributed by atoms with Crippen LogP contribution < -0.4 is 10.6 Å². The quantitative estimate of drug-likeness (QED) is 0.199. The smallest absolute Gasteiger partial charge is 0.408 e.